The van der Waals surface area contributed by atoms with Crippen molar-refractivity contribution in [2.75, 3.05) is 13.1 Å². The van der Waals surface area contributed by atoms with Crippen LogP contribution in [0.5, 0.6) is 0 Å². The van der Waals surface area contributed by atoms with Crippen LogP contribution in [0.4, 0.5) is 4.39 Å². The van der Waals surface area contributed by atoms with Gasteiger partial charge in [-0.2, -0.15) is 0 Å². The Morgan fingerprint density at radius 3 is 2.86 bits per heavy atom. The van der Waals surface area contributed by atoms with Gasteiger partial charge in [-0.05, 0) is 13.3 Å². The summed E-state index contributed by atoms with van der Waals surface area (Å²) in [7, 11) is 0. The maximum atomic E-state index is 13.3. The Bertz CT molecular complexity index is 215. The lowest BCUT2D eigenvalue weighted by atomic mass is 10.1. The molecule has 4 nitrogen and oxygen atoms in total. The van der Waals surface area contributed by atoms with Crippen LogP contribution in [0.3, 0.4) is 0 Å². The van der Waals surface area contributed by atoms with Crippen LogP contribution >= 0.6 is 23.0 Å². The molecule has 1 rings (SSSR count). The largest absolute Gasteiger partial charge is 0.384 e. The van der Waals surface area contributed by atoms with Gasteiger partial charge in [-0.25, -0.2) is 4.39 Å². The van der Waals surface area contributed by atoms with Crippen LogP contribution in [0, 0.1) is 0 Å². The number of amides is 1. The Morgan fingerprint density at radius 1 is 1.79 bits per heavy atom. The van der Waals surface area contributed by atoms with E-state index in [1.54, 1.807) is 23.0 Å². The predicted molar refractivity (Wildman–Crippen MR) is 56.7 cm³/mol. The number of piperidine rings is 1. The van der Waals surface area contributed by atoms with Crippen molar-refractivity contribution < 1.29 is 17.4 Å². The highest BCUT2D eigenvalue weighted by atomic mass is 127. The standard InChI is InChI=1S/C8H13FINO3/c1-5(12)8(13)11-3-2-7(14-10)6(9)4-11/h5-7,12H,2-4H2,1H3/t5-,6+,7+/m0/s1. The molecule has 0 aromatic heterocycles. The third-order valence-corrected chi connectivity index (χ3v) is 2.92. The number of halogens is 2. The number of rotatable bonds is 2. The van der Waals surface area contributed by atoms with Crippen LogP contribution in [0.25, 0.3) is 0 Å². The topological polar surface area (TPSA) is 49.8 Å². The zero-order valence-electron chi connectivity index (χ0n) is 7.82. The molecule has 0 radical (unpaired) electrons. The number of aliphatic hydroxyl groups is 1. The Kier molecular flexibility index (Phi) is 4.52. The first-order valence-electron chi connectivity index (χ1n) is 4.44. The van der Waals surface area contributed by atoms with E-state index in [4.69, 9.17) is 8.17 Å². The Hall–Kier alpha value is 0.0500. The fourth-order valence-electron chi connectivity index (χ4n) is 1.45. The molecule has 6 heteroatoms. The van der Waals surface area contributed by atoms with Gasteiger partial charge in [0.25, 0.3) is 5.91 Å². The quantitative estimate of drug-likeness (QED) is 0.762. The summed E-state index contributed by atoms with van der Waals surface area (Å²) in [6, 6.07) is 0. The molecule has 1 aliphatic rings. The number of hydrogen-bond donors (Lipinski definition) is 1. The average Bonchev–Trinajstić information content (AvgIpc) is 2.16. The third kappa shape index (κ3) is 2.77. The number of likely N-dealkylation sites (tertiary alicyclic amines) is 1. The third-order valence-electron chi connectivity index (χ3n) is 2.27. The Labute approximate surface area is 96.1 Å². The summed E-state index contributed by atoms with van der Waals surface area (Å²) in [6.07, 6.45) is -2.18. The molecule has 0 aromatic rings. The lowest BCUT2D eigenvalue weighted by Gasteiger charge is -2.33. The van der Waals surface area contributed by atoms with E-state index >= 15 is 0 Å². The fourth-order valence-corrected chi connectivity index (χ4v) is 2.02. The second-order valence-electron chi connectivity index (χ2n) is 3.39. The van der Waals surface area contributed by atoms with Crippen LogP contribution in [0.2, 0.25) is 0 Å². The van der Waals surface area contributed by atoms with E-state index in [1.165, 1.54) is 11.8 Å². The molecule has 1 saturated heterocycles. The Balaban J connectivity index is 2.50. The van der Waals surface area contributed by atoms with Gasteiger partial charge in [0.1, 0.15) is 41.4 Å². The molecule has 0 saturated carbocycles. The first kappa shape index (κ1) is 12.1. The zero-order valence-corrected chi connectivity index (χ0v) is 9.98. The maximum absolute atomic E-state index is 13.3. The SMILES string of the molecule is C[C@H](O)C(=O)N1CC[C@@H](OI)[C@H](F)C1. The van der Waals surface area contributed by atoms with Crippen LogP contribution in [-0.4, -0.2) is 47.4 Å². The molecule has 1 aliphatic heterocycles. The van der Waals surface area contributed by atoms with Crippen LogP contribution in [0.15, 0.2) is 0 Å². The first-order chi connectivity index (χ1) is 6.56. The van der Waals surface area contributed by atoms with Gasteiger partial charge in [0, 0.05) is 6.54 Å². The van der Waals surface area contributed by atoms with Crippen molar-refractivity contribution in [1.82, 2.24) is 4.90 Å². The minimum atomic E-state index is -1.16. The minimum Gasteiger partial charge on any atom is -0.384 e. The highest BCUT2D eigenvalue weighted by molar-refractivity contribution is 14.1. The molecule has 1 amide bonds. The molecular formula is C8H13FINO3. The van der Waals surface area contributed by atoms with Crippen LogP contribution in [0.1, 0.15) is 13.3 Å². The second kappa shape index (κ2) is 5.22. The van der Waals surface area contributed by atoms with Gasteiger partial charge in [0.2, 0.25) is 0 Å². The van der Waals surface area contributed by atoms with Gasteiger partial charge in [-0.1, -0.05) is 0 Å². The number of hydrogen-bond acceptors (Lipinski definition) is 3. The number of alkyl halides is 1. The summed E-state index contributed by atoms with van der Waals surface area (Å²) in [5.41, 5.74) is 0. The molecule has 1 N–H and O–H groups in total. The van der Waals surface area contributed by atoms with E-state index in [-0.39, 0.29) is 6.54 Å². The van der Waals surface area contributed by atoms with E-state index in [0.29, 0.717) is 13.0 Å². The number of nitrogens with zero attached hydrogens (tertiary/aromatic N) is 1. The molecule has 1 heterocycles. The molecule has 82 valence electrons. The molecule has 0 aliphatic carbocycles. The number of aliphatic hydroxyl groups excluding tert-OH is 1. The summed E-state index contributed by atoms with van der Waals surface area (Å²) in [5, 5.41) is 9.04. The molecule has 0 unspecified atom stereocenters. The van der Waals surface area contributed by atoms with Crippen molar-refractivity contribution in [2.45, 2.75) is 31.7 Å². The van der Waals surface area contributed by atoms with Gasteiger partial charge in [-0.3, -0.25) is 4.79 Å². The van der Waals surface area contributed by atoms with E-state index in [0.717, 1.165) is 0 Å². The zero-order chi connectivity index (χ0) is 10.7. The molecular weight excluding hydrogens is 304 g/mol. The fraction of sp³-hybridized carbons (Fsp3) is 0.875. The van der Waals surface area contributed by atoms with Gasteiger partial charge in [-0.15, -0.1) is 0 Å². The number of carbonyl (C=O) groups is 1. The average molecular weight is 317 g/mol. The van der Waals surface area contributed by atoms with Crippen LogP contribution in [-0.2, 0) is 7.86 Å². The van der Waals surface area contributed by atoms with Crippen molar-refractivity contribution in [3.05, 3.63) is 0 Å². The van der Waals surface area contributed by atoms with Crippen molar-refractivity contribution in [3.8, 4) is 0 Å². The normalized spacial score (nSPS) is 30.1. The van der Waals surface area contributed by atoms with Gasteiger partial charge < -0.3 is 13.1 Å². The van der Waals surface area contributed by atoms with E-state index in [2.05, 4.69) is 0 Å². The minimum absolute atomic E-state index is 0.0113. The second-order valence-corrected chi connectivity index (χ2v) is 3.90. The van der Waals surface area contributed by atoms with Crippen molar-refractivity contribution in [2.24, 2.45) is 0 Å². The summed E-state index contributed by atoms with van der Waals surface area (Å²) in [4.78, 5) is 12.6. The van der Waals surface area contributed by atoms with Gasteiger partial charge >= 0.3 is 0 Å². The predicted octanol–water partition coefficient (Wildman–Crippen LogP) is 0.673. The molecule has 0 bridgehead atoms. The van der Waals surface area contributed by atoms with Crippen molar-refractivity contribution in [3.63, 3.8) is 0 Å². The van der Waals surface area contributed by atoms with Crippen LogP contribution < -0.4 is 0 Å². The molecule has 0 spiro atoms. The first-order valence-corrected chi connectivity index (χ1v) is 5.32. The molecule has 3 atom stereocenters. The lowest BCUT2D eigenvalue weighted by Crippen LogP contribution is -2.49. The van der Waals surface area contributed by atoms with E-state index < -0.39 is 24.3 Å². The van der Waals surface area contributed by atoms with Gasteiger partial charge in [0.15, 0.2) is 0 Å². The maximum Gasteiger partial charge on any atom is 0.251 e. The summed E-state index contributed by atoms with van der Waals surface area (Å²) in [6.45, 7) is 1.84. The summed E-state index contributed by atoms with van der Waals surface area (Å²) >= 11 is 1.67. The number of carbonyl (C=O) groups excluding carboxylic acids is 1. The molecule has 14 heavy (non-hydrogen) atoms. The Morgan fingerprint density at radius 2 is 2.43 bits per heavy atom. The van der Waals surface area contributed by atoms with Crippen molar-refractivity contribution >= 4 is 28.9 Å². The lowest BCUT2D eigenvalue weighted by molar-refractivity contribution is -0.142. The highest BCUT2D eigenvalue weighted by Crippen LogP contribution is 2.19. The van der Waals surface area contributed by atoms with E-state index in [1.807, 2.05) is 0 Å². The summed E-state index contributed by atoms with van der Waals surface area (Å²) < 4.78 is 18.2. The molecule has 1 fully saturated rings. The smallest absolute Gasteiger partial charge is 0.251 e. The van der Waals surface area contributed by atoms with Crippen molar-refractivity contribution in [1.29, 1.82) is 0 Å². The monoisotopic (exact) mass is 317 g/mol. The summed E-state index contributed by atoms with van der Waals surface area (Å²) in [5.74, 6) is -0.417. The van der Waals surface area contributed by atoms with Gasteiger partial charge in [0.05, 0.1) is 6.54 Å². The highest BCUT2D eigenvalue weighted by Gasteiger charge is 2.32. The van der Waals surface area contributed by atoms with E-state index in [9.17, 15) is 9.18 Å². The molecule has 0 aromatic carbocycles.